The van der Waals surface area contributed by atoms with E-state index in [0.717, 1.165) is 0 Å². The zero-order valence-corrected chi connectivity index (χ0v) is 7.94. The Labute approximate surface area is 81.0 Å². The molecule has 0 fully saturated rings. The fraction of sp³-hybridized carbons (Fsp3) is 0.333. The van der Waals surface area contributed by atoms with Crippen molar-refractivity contribution in [3.8, 4) is 0 Å². The minimum Gasteiger partial charge on any atom is -0.479 e. The van der Waals surface area contributed by atoms with Gasteiger partial charge in [-0.15, -0.1) is 0 Å². The smallest absolute Gasteiger partial charge is 0.343 e. The van der Waals surface area contributed by atoms with Gasteiger partial charge < -0.3 is 10.0 Å². The monoisotopic (exact) mass is 198 g/mol. The summed E-state index contributed by atoms with van der Waals surface area (Å²) in [5.74, 6) is -0.837. The number of carbonyl (C=O) groups is 1. The lowest BCUT2D eigenvalue weighted by atomic mass is 10.2. The lowest BCUT2D eigenvalue weighted by Crippen LogP contribution is -2.11. The highest BCUT2D eigenvalue weighted by atomic mass is 19.1. The van der Waals surface area contributed by atoms with Gasteiger partial charge >= 0.3 is 5.97 Å². The van der Waals surface area contributed by atoms with E-state index in [2.05, 4.69) is 4.98 Å². The highest BCUT2D eigenvalue weighted by molar-refractivity contribution is 5.74. The Morgan fingerprint density at radius 3 is 2.57 bits per heavy atom. The Kier molecular flexibility index (Phi) is 3.01. The molecule has 0 aliphatic carbocycles. The summed E-state index contributed by atoms with van der Waals surface area (Å²) in [6.45, 7) is 0. The van der Waals surface area contributed by atoms with Gasteiger partial charge in [-0.3, -0.25) is 0 Å². The highest BCUT2D eigenvalue weighted by Crippen LogP contribution is 2.18. The number of aromatic nitrogens is 1. The second-order valence-electron chi connectivity index (χ2n) is 3.04. The predicted molar refractivity (Wildman–Crippen MR) is 50.0 cm³/mol. The summed E-state index contributed by atoms with van der Waals surface area (Å²) in [6.07, 6.45) is -0.771. The number of nitrogens with zero attached hydrogens (tertiary/aromatic N) is 2. The Bertz CT molecular complexity index is 324. The average Bonchev–Trinajstić information content (AvgIpc) is 2.16. The van der Waals surface area contributed by atoms with Gasteiger partial charge in [-0.1, -0.05) is 6.07 Å². The van der Waals surface area contributed by atoms with Crippen LogP contribution in [-0.2, 0) is 4.79 Å². The van der Waals surface area contributed by atoms with Crippen LogP contribution in [0, 0.1) is 0 Å². The van der Waals surface area contributed by atoms with Crippen molar-refractivity contribution in [2.24, 2.45) is 0 Å². The van der Waals surface area contributed by atoms with Crippen LogP contribution in [-0.4, -0.2) is 30.2 Å². The van der Waals surface area contributed by atoms with Gasteiger partial charge in [0.1, 0.15) is 5.82 Å². The number of rotatable bonds is 3. The second kappa shape index (κ2) is 4.04. The van der Waals surface area contributed by atoms with E-state index in [9.17, 15) is 9.18 Å². The normalized spacial score (nSPS) is 12.2. The maximum Gasteiger partial charge on any atom is 0.343 e. The maximum absolute atomic E-state index is 12.9. The van der Waals surface area contributed by atoms with Gasteiger partial charge in [0.25, 0.3) is 0 Å². The van der Waals surface area contributed by atoms with Gasteiger partial charge in [0, 0.05) is 25.9 Å². The Morgan fingerprint density at radius 1 is 1.57 bits per heavy atom. The molecule has 14 heavy (non-hydrogen) atoms. The first-order valence-electron chi connectivity index (χ1n) is 4.02. The number of carboxylic acids is 1. The first-order valence-corrected chi connectivity index (χ1v) is 4.02. The number of carboxylic acid groups (broad SMARTS) is 1. The molecule has 76 valence electrons. The lowest BCUT2D eigenvalue weighted by Gasteiger charge is -2.11. The van der Waals surface area contributed by atoms with Crippen LogP contribution < -0.4 is 4.90 Å². The molecule has 0 radical (unpaired) electrons. The molecule has 0 saturated heterocycles. The second-order valence-corrected chi connectivity index (χ2v) is 3.04. The van der Waals surface area contributed by atoms with E-state index in [0.29, 0.717) is 5.82 Å². The molecule has 0 bridgehead atoms. The molecule has 1 rings (SSSR count). The minimum absolute atomic E-state index is 0.0584. The van der Waals surface area contributed by atoms with Crippen LogP contribution >= 0.6 is 0 Å². The van der Waals surface area contributed by atoms with Crippen LogP contribution in [0.15, 0.2) is 18.3 Å². The molecule has 1 aromatic rings. The summed E-state index contributed by atoms with van der Waals surface area (Å²) in [4.78, 5) is 16.0. The molecule has 0 amide bonds. The summed E-state index contributed by atoms with van der Waals surface area (Å²) < 4.78 is 12.9. The van der Waals surface area contributed by atoms with Crippen LogP contribution in [0.2, 0.25) is 0 Å². The molecule has 1 heterocycles. The molecule has 0 saturated carbocycles. The van der Waals surface area contributed by atoms with Crippen molar-refractivity contribution in [2.75, 3.05) is 19.0 Å². The molecule has 1 aromatic heterocycles. The van der Waals surface area contributed by atoms with Crippen molar-refractivity contribution >= 4 is 11.8 Å². The number of hydrogen-bond acceptors (Lipinski definition) is 3. The first kappa shape index (κ1) is 10.4. The van der Waals surface area contributed by atoms with Gasteiger partial charge in [-0.2, -0.15) is 0 Å². The van der Waals surface area contributed by atoms with Crippen molar-refractivity contribution in [1.29, 1.82) is 0 Å². The van der Waals surface area contributed by atoms with E-state index in [1.807, 2.05) is 0 Å². The molecular formula is C9H11FN2O2. The van der Waals surface area contributed by atoms with Gasteiger partial charge in [-0.25, -0.2) is 14.2 Å². The number of hydrogen-bond donors (Lipinski definition) is 1. The van der Waals surface area contributed by atoms with Crippen LogP contribution in [0.25, 0.3) is 0 Å². The van der Waals surface area contributed by atoms with Gasteiger partial charge in [-0.05, 0) is 6.07 Å². The summed E-state index contributed by atoms with van der Waals surface area (Å²) in [5.41, 5.74) is 0.0584. The lowest BCUT2D eigenvalue weighted by molar-refractivity contribution is -0.143. The topological polar surface area (TPSA) is 53.4 Å². The maximum atomic E-state index is 12.9. The molecule has 5 heteroatoms. The molecule has 1 N–H and O–H groups in total. The fourth-order valence-electron chi connectivity index (χ4n) is 0.955. The zero-order chi connectivity index (χ0) is 10.7. The molecule has 0 aliphatic heterocycles. The van der Waals surface area contributed by atoms with Gasteiger partial charge in [0.15, 0.2) is 0 Å². The summed E-state index contributed by atoms with van der Waals surface area (Å²) in [5, 5.41) is 8.40. The van der Waals surface area contributed by atoms with Crippen molar-refractivity contribution in [3.63, 3.8) is 0 Å². The number of alkyl halides is 1. The quantitative estimate of drug-likeness (QED) is 0.794. The molecule has 1 atom stereocenters. The highest BCUT2D eigenvalue weighted by Gasteiger charge is 2.18. The summed E-state index contributed by atoms with van der Waals surface area (Å²) in [7, 11) is 3.60. The van der Waals surface area contributed by atoms with Crippen molar-refractivity contribution < 1.29 is 14.3 Å². The van der Waals surface area contributed by atoms with Crippen molar-refractivity contribution in [3.05, 3.63) is 23.9 Å². The SMILES string of the molecule is CN(C)c1ccc(C(F)C(=O)O)cn1. The summed E-state index contributed by atoms with van der Waals surface area (Å²) >= 11 is 0. The van der Waals surface area contributed by atoms with Crippen LogP contribution in [0.3, 0.4) is 0 Å². The average molecular weight is 198 g/mol. The third kappa shape index (κ3) is 2.18. The molecule has 1 unspecified atom stereocenters. The van der Waals surface area contributed by atoms with Gasteiger partial charge in [0.05, 0.1) is 0 Å². The zero-order valence-electron chi connectivity index (χ0n) is 7.94. The van der Waals surface area contributed by atoms with Crippen LogP contribution in [0.4, 0.5) is 10.2 Å². The molecular weight excluding hydrogens is 187 g/mol. The van der Waals surface area contributed by atoms with Crippen LogP contribution in [0.5, 0.6) is 0 Å². The number of aliphatic carboxylic acids is 1. The fourth-order valence-corrected chi connectivity index (χ4v) is 0.955. The van der Waals surface area contributed by atoms with E-state index < -0.39 is 12.1 Å². The Balaban J connectivity index is 2.88. The van der Waals surface area contributed by atoms with Crippen LogP contribution in [0.1, 0.15) is 11.7 Å². The van der Waals surface area contributed by atoms with Gasteiger partial charge in [0.2, 0.25) is 6.17 Å². The Hall–Kier alpha value is -1.65. The Morgan fingerprint density at radius 2 is 2.21 bits per heavy atom. The van der Waals surface area contributed by atoms with E-state index in [1.54, 1.807) is 25.1 Å². The molecule has 0 aromatic carbocycles. The molecule has 0 aliphatic rings. The third-order valence-corrected chi connectivity index (χ3v) is 1.74. The standard InChI is InChI=1S/C9H11FN2O2/c1-12(2)7-4-3-6(5-11-7)8(10)9(13)14/h3-5,8H,1-2H3,(H,13,14). The van der Waals surface area contributed by atoms with Crippen molar-refractivity contribution in [1.82, 2.24) is 4.98 Å². The largest absolute Gasteiger partial charge is 0.479 e. The summed E-state index contributed by atoms with van der Waals surface area (Å²) in [6, 6.07) is 2.99. The number of pyridine rings is 1. The van der Waals surface area contributed by atoms with Crippen molar-refractivity contribution in [2.45, 2.75) is 6.17 Å². The van der Waals surface area contributed by atoms with E-state index >= 15 is 0 Å². The van der Waals surface area contributed by atoms with E-state index in [4.69, 9.17) is 5.11 Å². The molecule has 4 nitrogen and oxygen atoms in total. The van der Waals surface area contributed by atoms with E-state index in [1.165, 1.54) is 12.3 Å². The predicted octanol–water partition coefficient (Wildman–Crippen LogP) is 1.24. The number of halogens is 1. The number of anilines is 1. The minimum atomic E-state index is -2.00. The first-order chi connectivity index (χ1) is 6.52. The third-order valence-electron chi connectivity index (χ3n) is 1.74. The molecule has 0 spiro atoms. The van der Waals surface area contributed by atoms with E-state index in [-0.39, 0.29) is 5.56 Å².